The van der Waals surface area contributed by atoms with Gasteiger partial charge in [0.05, 0.1) is 10.5 Å². The Morgan fingerprint density at radius 3 is 2.26 bits per heavy atom. The first kappa shape index (κ1) is 15.6. The fraction of sp³-hybridized carbons (Fsp3) is 0.417. The second-order valence-corrected chi connectivity index (χ2v) is 6.89. The Kier molecular flexibility index (Phi) is 4.02. The molecular formula is C12H16FNO4S. The molecule has 0 bridgehead atoms. The van der Waals surface area contributed by atoms with Crippen LogP contribution in [0.3, 0.4) is 0 Å². The van der Waals surface area contributed by atoms with Crippen molar-refractivity contribution in [1.29, 1.82) is 0 Å². The molecule has 0 unspecified atom stereocenters. The quantitative estimate of drug-likeness (QED) is 0.890. The Hall–Kier alpha value is -1.47. The Morgan fingerprint density at radius 1 is 1.32 bits per heavy atom. The van der Waals surface area contributed by atoms with E-state index < -0.39 is 32.9 Å². The van der Waals surface area contributed by atoms with Crippen molar-refractivity contribution >= 4 is 16.0 Å². The monoisotopic (exact) mass is 289 g/mol. The first-order chi connectivity index (χ1) is 8.44. The van der Waals surface area contributed by atoms with Crippen LogP contribution in [0.15, 0.2) is 17.0 Å². The van der Waals surface area contributed by atoms with E-state index in [2.05, 4.69) is 4.72 Å². The summed E-state index contributed by atoms with van der Waals surface area (Å²) in [4.78, 5) is 10.5. The summed E-state index contributed by atoms with van der Waals surface area (Å²) in [6.45, 7) is 6.20. The highest BCUT2D eigenvalue weighted by atomic mass is 32.2. The number of carbonyl (C=O) groups is 1. The molecule has 0 spiro atoms. The van der Waals surface area contributed by atoms with Crippen molar-refractivity contribution in [2.45, 2.75) is 38.1 Å². The molecule has 1 aromatic rings. The molecule has 0 aliphatic carbocycles. The molecule has 0 aliphatic heterocycles. The summed E-state index contributed by atoms with van der Waals surface area (Å²) < 4.78 is 40.2. The van der Waals surface area contributed by atoms with Crippen LogP contribution in [0.25, 0.3) is 0 Å². The number of nitrogens with one attached hydrogen (secondary N) is 1. The summed E-state index contributed by atoms with van der Waals surface area (Å²) >= 11 is 0. The maximum atomic E-state index is 13.6. The number of sulfonamides is 1. The highest BCUT2D eigenvalue weighted by molar-refractivity contribution is 7.89. The van der Waals surface area contributed by atoms with E-state index in [1.807, 2.05) is 0 Å². The predicted molar refractivity (Wildman–Crippen MR) is 68.2 cm³/mol. The summed E-state index contributed by atoms with van der Waals surface area (Å²) in [6, 6.07) is 1.75. The van der Waals surface area contributed by atoms with Crippen molar-refractivity contribution in [3.05, 3.63) is 29.1 Å². The molecule has 0 saturated carbocycles. The minimum atomic E-state index is -3.98. The fourth-order valence-corrected chi connectivity index (χ4v) is 3.21. The summed E-state index contributed by atoms with van der Waals surface area (Å²) in [5.74, 6) is -2.25. The molecular weight excluding hydrogens is 273 g/mol. The molecule has 5 nitrogen and oxygen atoms in total. The zero-order valence-electron chi connectivity index (χ0n) is 11.1. The third-order valence-electron chi connectivity index (χ3n) is 2.27. The SMILES string of the molecule is Cc1c(F)cc(C(=O)O)cc1S(=O)(=O)NC(C)(C)C. The van der Waals surface area contributed by atoms with Crippen molar-refractivity contribution in [2.24, 2.45) is 0 Å². The Morgan fingerprint density at radius 2 is 1.84 bits per heavy atom. The Labute approximate surface area is 111 Å². The lowest BCUT2D eigenvalue weighted by Gasteiger charge is -2.21. The van der Waals surface area contributed by atoms with Crippen molar-refractivity contribution in [1.82, 2.24) is 4.72 Å². The molecule has 0 fully saturated rings. The number of rotatable bonds is 3. The number of aromatic carboxylic acids is 1. The van der Waals surface area contributed by atoms with Crippen molar-refractivity contribution < 1.29 is 22.7 Å². The zero-order valence-corrected chi connectivity index (χ0v) is 11.9. The molecule has 0 atom stereocenters. The summed E-state index contributed by atoms with van der Waals surface area (Å²) in [5, 5.41) is 8.84. The number of carboxylic acid groups (broad SMARTS) is 1. The normalized spacial score (nSPS) is 12.5. The van der Waals surface area contributed by atoms with E-state index in [1.165, 1.54) is 6.92 Å². The molecule has 2 N–H and O–H groups in total. The largest absolute Gasteiger partial charge is 0.478 e. The second kappa shape index (κ2) is 4.90. The molecule has 0 radical (unpaired) electrons. The van der Waals surface area contributed by atoms with Gasteiger partial charge in [-0.2, -0.15) is 0 Å². The molecule has 0 aliphatic rings. The van der Waals surface area contributed by atoms with Crippen LogP contribution >= 0.6 is 0 Å². The number of carboxylic acids is 1. The van der Waals surface area contributed by atoms with Gasteiger partial charge in [-0.15, -0.1) is 0 Å². The van der Waals surface area contributed by atoms with Gasteiger partial charge < -0.3 is 5.11 Å². The van der Waals surface area contributed by atoms with E-state index in [0.29, 0.717) is 0 Å². The fourth-order valence-electron chi connectivity index (χ4n) is 1.51. The molecule has 7 heteroatoms. The second-order valence-electron chi connectivity index (χ2n) is 5.24. The van der Waals surface area contributed by atoms with E-state index in [4.69, 9.17) is 5.11 Å². The predicted octanol–water partition coefficient (Wildman–Crippen LogP) is 1.91. The van der Waals surface area contributed by atoms with Gasteiger partial charge in [0.25, 0.3) is 0 Å². The summed E-state index contributed by atoms with van der Waals surface area (Å²) in [5.41, 5.74) is -1.26. The maximum Gasteiger partial charge on any atom is 0.335 e. The van der Waals surface area contributed by atoms with Crippen LogP contribution in [0.1, 0.15) is 36.7 Å². The molecule has 1 aromatic carbocycles. The minimum absolute atomic E-state index is 0.109. The number of halogens is 1. The smallest absolute Gasteiger partial charge is 0.335 e. The van der Waals surface area contributed by atoms with Crippen molar-refractivity contribution in [3.63, 3.8) is 0 Å². The van der Waals surface area contributed by atoms with Crippen LogP contribution in [0.2, 0.25) is 0 Å². The Bertz CT molecular complexity index is 617. The van der Waals surface area contributed by atoms with Crippen molar-refractivity contribution in [2.75, 3.05) is 0 Å². The number of benzene rings is 1. The number of hydrogen-bond acceptors (Lipinski definition) is 3. The lowest BCUT2D eigenvalue weighted by Crippen LogP contribution is -2.40. The van der Waals surface area contributed by atoms with Gasteiger partial charge in [0, 0.05) is 11.1 Å². The summed E-state index contributed by atoms with van der Waals surface area (Å²) in [7, 11) is -3.98. The molecule has 0 amide bonds. The first-order valence-electron chi connectivity index (χ1n) is 5.51. The lowest BCUT2D eigenvalue weighted by molar-refractivity contribution is 0.0696. The molecule has 1 rings (SSSR count). The van der Waals surface area contributed by atoms with E-state index in [-0.39, 0.29) is 10.5 Å². The third-order valence-corrected chi connectivity index (χ3v) is 4.16. The third kappa shape index (κ3) is 3.74. The van der Waals surface area contributed by atoms with Crippen LogP contribution in [0.4, 0.5) is 4.39 Å². The molecule has 0 aromatic heterocycles. The van der Waals surface area contributed by atoms with Gasteiger partial charge in [0.1, 0.15) is 5.82 Å². The average molecular weight is 289 g/mol. The first-order valence-corrected chi connectivity index (χ1v) is 7.00. The number of hydrogen-bond donors (Lipinski definition) is 2. The average Bonchev–Trinajstić information content (AvgIpc) is 2.17. The van der Waals surface area contributed by atoms with Gasteiger partial charge in [-0.1, -0.05) is 0 Å². The van der Waals surface area contributed by atoms with Gasteiger partial charge in [-0.3, -0.25) is 0 Å². The van der Waals surface area contributed by atoms with Crippen LogP contribution < -0.4 is 4.72 Å². The van der Waals surface area contributed by atoms with Gasteiger partial charge in [-0.05, 0) is 39.8 Å². The van der Waals surface area contributed by atoms with Crippen LogP contribution in [-0.2, 0) is 10.0 Å². The van der Waals surface area contributed by atoms with Gasteiger partial charge >= 0.3 is 5.97 Å². The van der Waals surface area contributed by atoms with Crippen LogP contribution in [-0.4, -0.2) is 25.0 Å². The van der Waals surface area contributed by atoms with Gasteiger partial charge in [-0.25, -0.2) is 22.3 Å². The highest BCUT2D eigenvalue weighted by Crippen LogP contribution is 2.22. The highest BCUT2D eigenvalue weighted by Gasteiger charge is 2.26. The minimum Gasteiger partial charge on any atom is -0.478 e. The van der Waals surface area contributed by atoms with E-state index in [9.17, 15) is 17.6 Å². The van der Waals surface area contributed by atoms with Crippen molar-refractivity contribution in [3.8, 4) is 0 Å². The maximum absolute atomic E-state index is 13.6. The van der Waals surface area contributed by atoms with Gasteiger partial charge in [0.2, 0.25) is 10.0 Å². The molecule has 0 saturated heterocycles. The lowest BCUT2D eigenvalue weighted by atomic mass is 10.1. The van der Waals surface area contributed by atoms with E-state index in [1.54, 1.807) is 20.8 Å². The van der Waals surface area contributed by atoms with E-state index >= 15 is 0 Å². The molecule has 19 heavy (non-hydrogen) atoms. The Balaban J connectivity index is 3.46. The van der Waals surface area contributed by atoms with Gasteiger partial charge in [0.15, 0.2) is 0 Å². The molecule has 106 valence electrons. The zero-order chi connectivity index (χ0) is 15.0. The summed E-state index contributed by atoms with van der Waals surface area (Å²) in [6.07, 6.45) is 0. The van der Waals surface area contributed by atoms with Crippen LogP contribution in [0, 0.1) is 12.7 Å². The van der Waals surface area contributed by atoms with E-state index in [0.717, 1.165) is 12.1 Å². The van der Waals surface area contributed by atoms with Crippen LogP contribution in [0.5, 0.6) is 0 Å². The standard InChI is InChI=1S/C12H16FNO4S/c1-7-9(13)5-8(11(15)16)6-10(7)19(17,18)14-12(2,3)4/h5-6,14H,1-4H3,(H,15,16). The molecule has 0 heterocycles. The topological polar surface area (TPSA) is 83.5 Å².